The van der Waals surface area contributed by atoms with Crippen LogP contribution in [0.2, 0.25) is 0 Å². The van der Waals surface area contributed by atoms with Gasteiger partial charge in [0.05, 0.1) is 5.56 Å². The molecule has 0 unspecified atom stereocenters. The Bertz CT molecular complexity index is 382. The fourth-order valence-corrected chi connectivity index (χ4v) is 0.848. The Labute approximate surface area is 80.4 Å². The minimum atomic E-state index is -0.618. The standard InChI is InChI=1S/C10H8O4/c1-2-10(13)14-8-3-4-9(12)7(5-8)6-11/h2-6,12H,1H2. The fraction of sp³-hybridized carbons (Fsp3) is 0. The van der Waals surface area contributed by atoms with E-state index in [0.717, 1.165) is 6.08 Å². The number of rotatable bonds is 3. The first-order valence-corrected chi connectivity index (χ1v) is 3.80. The molecule has 0 aliphatic heterocycles. The second kappa shape index (κ2) is 4.23. The molecule has 0 fully saturated rings. The number of ether oxygens (including phenoxy) is 1. The summed E-state index contributed by atoms with van der Waals surface area (Å²) >= 11 is 0. The normalized spacial score (nSPS) is 9.14. The molecule has 72 valence electrons. The van der Waals surface area contributed by atoms with Crippen LogP contribution in [0.15, 0.2) is 30.9 Å². The second-order valence-electron chi connectivity index (χ2n) is 2.46. The van der Waals surface area contributed by atoms with Crippen molar-refractivity contribution in [3.05, 3.63) is 36.4 Å². The third-order valence-electron chi connectivity index (χ3n) is 1.51. The van der Waals surface area contributed by atoms with Gasteiger partial charge in [-0.15, -0.1) is 0 Å². The smallest absolute Gasteiger partial charge is 0.335 e. The molecule has 0 saturated heterocycles. The Morgan fingerprint density at radius 3 is 2.79 bits per heavy atom. The molecule has 0 saturated carbocycles. The predicted molar refractivity (Wildman–Crippen MR) is 49.3 cm³/mol. The lowest BCUT2D eigenvalue weighted by atomic mass is 10.2. The lowest BCUT2D eigenvalue weighted by molar-refractivity contribution is -0.128. The second-order valence-corrected chi connectivity index (χ2v) is 2.46. The first kappa shape index (κ1) is 9.98. The van der Waals surface area contributed by atoms with Crippen molar-refractivity contribution in [3.8, 4) is 11.5 Å². The lowest BCUT2D eigenvalue weighted by Crippen LogP contribution is -2.03. The molecule has 0 radical (unpaired) electrons. The van der Waals surface area contributed by atoms with Gasteiger partial charge in [0.25, 0.3) is 0 Å². The van der Waals surface area contributed by atoms with E-state index in [4.69, 9.17) is 9.84 Å². The Kier molecular flexibility index (Phi) is 3.01. The first-order chi connectivity index (χ1) is 6.67. The lowest BCUT2D eigenvalue weighted by Gasteiger charge is -2.02. The van der Waals surface area contributed by atoms with Gasteiger partial charge in [-0.05, 0) is 18.2 Å². The van der Waals surface area contributed by atoms with E-state index in [9.17, 15) is 9.59 Å². The average Bonchev–Trinajstić information content (AvgIpc) is 2.20. The van der Waals surface area contributed by atoms with Gasteiger partial charge in [0.15, 0.2) is 6.29 Å². The average molecular weight is 192 g/mol. The van der Waals surface area contributed by atoms with E-state index in [0.29, 0.717) is 6.29 Å². The van der Waals surface area contributed by atoms with E-state index in [1.807, 2.05) is 0 Å². The van der Waals surface area contributed by atoms with Crippen molar-refractivity contribution in [1.82, 2.24) is 0 Å². The van der Waals surface area contributed by atoms with Gasteiger partial charge < -0.3 is 9.84 Å². The Balaban J connectivity index is 2.94. The number of carbonyl (C=O) groups excluding carboxylic acids is 2. The quantitative estimate of drug-likeness (QED) is 0.339. The number of aldehydes is 1. The first-order valence-electron chi connectivity index (χ1n) is 3.80. The van der Waals surface area contributed by atoms with Gasteiger partial charge in [0, 0.05) is 6.08 Å². The summed E-state index contributed by atoms with van der Waals surface area (Å²) in [6, 6.07) is 3.92. The molecule has 0 spiro atoms. The summed E-state index contributed by atoms with van der Waals surface area (Å²) in [5.41, 5.74) is 0.0689. The minimum absolute atomic E-state index is 0.0689. The van der Waals surface area contributed by atoms with Gasteiger partial charge in [0.1, 0.15) is 11.5 Å². The largest absolute Gasteiger partial charge is 0.507 e. The number of benzene rings is 1. The number of carbonyl (C=O) groups is 2. The van der Waals surface area contributed by atoms with Gasteiger partial charge in [-0.3, -0.25) is 4.79 Å². The van der Waals surface area contributed by atoms with Crippen LogP contribution in [0.1, 0.15) is 10.4 Å². The summed E-state index contributed by atoms with van der Waals surface area (Å²) in [5.74, 6) is -0.583. The highest BCUT2D eigenvalue weighted by atomic mass is 16.5. The molecule has 0 bridgehead atoms. The van der Waals surface area contributed by atoms with Crippen LogP contribution in [0, 0.1) is 0 Å². The SMILES string of the molecule is C=CC(=O)Oc1ccc(O)c(C=O)c1. The van der Waals surface area contributed by atoms with Gasteiger partial charge >= 0.3 is 5.97 Å². The maximum atomic E-state index is 10.8. The maximum absolute atomic E-state index is 10.8. The molecule has 14 heavy (non-hydrogen) atoms. The van der Waals surface area contributed by atoms with E-state index < -0.39 is 5.97 Å². The zero-order chi connectivity index (χ0) is 10.6. The van der Waals surface area contributed by atoms with E-state index in [-0.39, 0.29) is 17.1 Å². The van der Waals surface area contributed by atoms with Crippen LogP contribution in [0.3, 0.4) is 0 Å². The number of phenolic OH excluding ortho intramolecular Hbond substituents is 1. The predicted octanol–water partition coefficient (Wildman–Crippen LogP) is 1.30. The van der Waals surface area contributed by atoms with Gasteiger partial charge in [-0.1, -0.05) is 6.58 Å². The monoisotopic (exact) mass is 192 g/mol. The molecule has 1 N–H and O–H groups in total. The molecule has 0 aromatic heterocycles. The van der Waals surface area contributed by atoms with Crippen molar-refractivity contribution < 1.29 is 19.4 Å². The number of aromatic hydroxyl groups is 1. The zero-order valence-corrected chi connectivity index (χ0v) is 7.27. The van der Waals surface area contributed by atoms with Crippen LogP contribution in [0.25, 0.3) is 0 Å². The Morgan fingerprint density at radius 2 is 2.21 bits per heavy atom. The topological polar surface area (TPSA) is 63.6 Å². The summed E-state index contributed by atoms with van der Waals surface area (Å²) in [6.45, 7) is 3.22. The summed E-state index contributed by atoms with van der Waals surface area (Å²) in [7, 11) is 0. The van der Waals surface area contributed by atoms with E-state index in [1.54, 1.807) is 0 Å². The number of esters is 1. The molecular weight excluding hydrogens is 184 g/mol. The van der Waals surface area contributed by atoms with Crippen LogP contribution in [-0.2, 0) is 4.79 Å². The summed E-state index contributed by atoms with van der Waals surface area (Å²) in [4.78, 5) is 21.2. The van der Waals surface area contributed by atoms with Crippen LogP contribution < -0.4 is 4.74 Å². The summed E-state index contributed by atoms with van der Waals surface area (Å²) in [5, 5.41) is 9.13. The molecule has 1 rings (SSSR count). The molecule has 4 heteroatoms. The van der Waals surface area contributed by atoms with Crippen LogP contribution in [0.4, 0.5) is 0 Å². The molecular formula is C10H8O4. The highest BCUT2D eigenvalue weighted by Crippen LogP contribution is 2.21. The number of phenols is 1. The van der Waals surface area contributed by atoms with Crippen LogP contribution in [-0.4, -0.2) is 17.4 Å². The molecule has 1 aromatic rings. The summed E-state index contributed by atoms with van der Waals surface area (Å²) in [6.07, 6.45) is 1.48. The van der Waals surface area contributed by atoms with Crippen molar-refractivity contribution in [3.63, 3.8) is 0 Å². The van der Waals surface area contributed by atoms with E-state index in [1.165, 1.54) is 18.2 Å². The Morgan fingerprint density at radius 1 is 1.50 bits per heavy atom. The zero-order valence-electron chi connectivity index (χ0n) is 7.27. The van der Waals surface area contributed by atoms with E-state index >= 15 is 0 Å². The third kappa shape index (κ3) is 2.20. The highest BCUT2D eigenvalue weighted by Gasteiger charge is 2.04. The van der Waals surface area contributed by atoms with Crippen LogP contribution in [0.5, 0.6) is 11.5 Å². The molecule has 1 aromatic carbocycles. The molecule has 0 heterocycles. The third-order valence-corrected chi connectivity index (χ3v) is 1.51. The number of hydrogen-bond acceptors (Lipinski definition) is 4. The molecule has 0 aliphatic rings. The minimum Gasteiger partial charge on any atom is -0.507 e. The maximum Gasteiger partial charge on any atom is 0.335 e. The molecule has 0 atom stereocenters. The van der Waals surface area contributed by atoms with Gasteiger partial charge in [-0.2, -0.15) is 0 Å². The van der Waals surface area contributed by atoms with Gasteiger partial charge in [0.2, 0.25) is 0 Å². The van der Waals surface area contributed by atoms with Crippen molar-refractivity contribution in [1.29, 1.82) is 0 Å². The van der Waals surface area contributed by atoms with Gasteiger partial charge in [-0.25, -0.2) is 4.79 Å². The van der Waals surface area contributed by atoms with Crippen molar-refractivity contribution >= 4 is 12.3 Å². The van der Waals surface area contributed by atoms with E-state index in [2.05, 4.69) is 6.58 Å². The highest BCUT2D eigenvalue weighted by molar-refractivity contribution is 5.84. The molecule has 4 nitrogen and oxygen atoms in total. The molecule has 0 aliphatic carbocycles. The van der Waals surface area contributed by atoms with Crippen molar-refractivity contribution in [2.24, 2.45) is 0 Å². The number of hydrogen-bond donors (Lipinski definition) is 1. The van der Waals surface area contributed by atoms with Crippen molar-refractivity contribution in [2.75, 3.05) is 0 Å². The van der Waals surface area contributed by atoms with Crippen molar-refractivity contribution in [2.45, 2.75) is 0 Å². The fourth-order valence-electron chi connectivity index (χ4n) is 0.848. The Hall–Kier alpha value is -2.10. The summed E-state index contributed by atoms with van der Waals surface area (Å²) < 4.78 is 4.73. The van der Waals surface area contributed by atoms with Crippen LogP contribution >= 0.6 is 0 Å². The molecule has 0 amide bonds.